The maximum atomic E-state index is 12.3. The number of carbonyl (C=O) groups excluding carboxylic acids is 1. The van der Waals surface area contributed by atoms with Crippen LogP contribution < -0.4 is 10.1 Å². The molecular formula is C20H22N4O2. The van der Waals surface area contributed by atoms with Crippen LogP contribution in [0.4, 0.5) is 0 Å². The Morgan fingerprint density at radius 3 is 2.96 bits per heavy atom. The standard InChI is InChI=1S/C20H22N4O2/c25-19(18-14-24-11-5-10-21-20(24)23-18)22-13-15-6-4-9-17(12-15)26-16-7-2-1-3-8-16/h4-6,9-12,14,16H,1-3,7-8,13H2,(H,22,25). The first-order chi connectivity index (χ1) is 12.8. The van der Waals surface area contributed by atoms with Gasteiger partial charge in [0.1, 0.15) is 11.4 Å². The molecule has 1 aliphatic rings. The average Bonchev–Trinajstić information content (AvgIpc) is 3.12. The van der Waals surface area contributed by atoms with Crippen molar-refractivity contribution in [3.8, 4) is 5.75 Å². The normalized spacial score (nSPS) is 15.1. The van der Waals surface area contributed by atoms with Gasteiger partial charge >= 0.3 is 0 Å². The molecule has 1 aromatic carbocycles. The van der Waals surface area contributed by atoms with Crippen molar-refractivity contribution in [1.82, 2.24) is 19.7 Å². The molecule has 6 heteroatoms. The minimum atomic E-state index is -0.214. The third kappa shape index (κ3) is 3.85. The summed E-state index contributed by atoms with van der Waals surface area (Å²) in [5.41, 5.74) is 1.37. The minimum absolute atomic E-state index is 0.214. The molecule has 3 aromatic rings. The predicted molar refractivity (Wildman–Crippen MR) is 98.1 cm³/mol. The lowest BCUT2D eigenvalue weighted by Gasteiger charge is -2.23. The highest BCUT2D eigenvalue weighted by Gasteiger charge is 2.15. The fourth-order valence-corrected chi connectivity index (χ4v) is 3.32. The summed E-state index contributed by atoms with van der Waals surface area (Å²) in [6.07, 6.45) is 11.5. The second-order valence-corrected chi connectivity index (χ2v) is 6.66. The molecule has 0 atom stereocenters. The highest BCUT2D eigenvalue weighted by molar-refractivity contribution is 5.92. The summed E-state index contributed by atoms with van der Waals surface area (Å²) < 4.78 is 7.82. The molecule has 0 spiro atoms. The van der Waals surface area contributed by atoms with Crippen molar-refractivity contribution >= 4 is 11.7 Å². The quantitative estimate of drug-likeness (QED) is 0.766. The molecule has 1 N–H and O–H groups in total. The fraction of sp³-hybridized carbons (Fsp3) is 0.350. The number of nitrogens with one attached hydrogen (secondary N) is 1. The summed E-state index contributed by atoms with van der Waals surface area (Å²) >= 11 is 0. The number of rotatable bonds is 5. The van der Waals surface area contributed by atoms with E-state index in [4.69, 9.17) is 4.74 Å². The van der Waals surface area contributed by atoms with Crippen LogP contribution in [-0.2, 0) is 6.54 Å². The summed E-state index contributed by atoms with van der Waals surface area (Å²) in [5.74, 6) is 1.18. The van der Waals surface area contributed by atoms with E-state index in [1.54, 1.807) is 22.9 Å². The van der Waals surface area contributed by atoms with E-state index in [2.05, 4.69) is 15.3 Å². The van der Waals surface area contributed by atoms with Gasteiger partial charge in [-0.15, -0.1) is 0 Å². The minimum Gasteiger partial charge on any atom is -0.490 e. The number of imidazole rings is 1. The number of hydrogen-bond donors (Lipinski definition) is 1. The average molecular weight is 350 g/mol. The van der Waals surface area contributed by atoms with Gasteiger partial charge in [-0.3, -0.25) is 9.20 Å². The Hall–Kier alpha value is -2.89. The van der Waals surface area contributed by atoms with Crippen LogP contribution in [0.2, 0.25) is 0 Å². The van der Waals surface area contributed by atoms with Crippen LogP contribution in [0.5, 0.6) is 5.75 Å². The molecule has 1 aliphatic carbocycles. The van der Waals surface area contributed by atoms with Crippen LogP contribution in [0, 0.1) is 0 Å². The van der Waals surface area contributed by atoms with E-state index >= 15 is 0 Å². The molecule has 2 aromatic heterocycles. The van der Waals surface area contributed by atoms with Crippen molar-refractivity contribution in [2.75, 3.05) is 0 Å². The number of amides is 1. The van der Waals surface area contributed by atoms with Gasteiger partial charge in [0.2, 0.25) is 5.78 Å². The Morgan fingerprint density at radius 2 is 2.12 bits per heavy atom. The van der Waals surface area contributed by atoms with Crippen molar-refractivity contribution in [3.63, 3.8) is 0 Å². The number of nitrogens with zero attached hydrogens (tertiary/aromatic N) is 3. The summed E-state index contributed by atoms with van der Waals surface area (Å²) in [6.45, 7) is 0.433. The smallest absolute Gasteiger partial charge is 0.271 e. The van der Waals surface area contributed by atoms with E-state index in [-0.39, 0.29) is 5.91 Å². The van der Waals surface area contributed by atoms with E-state index in [0.717, 1.165) is 24.2 Å². The molecule has 6 nitrogen and oxygen atoms in total. The van der Waals surface area contributed by atoms with Crippen LogP contribution >= 0.6 is 0 Å². The Balaban J connectivity index is 1.37. The zero-order valence-corrected chi connectivity index (χ0v) is 14.6. The maximum absolute atomic E-state index is 12.3. The molecule has 0 unspecified atom stereocenters. The van der Waals surface area contributed by atoms with Crippen molar-refractivity contribution in [2.24, 2.45) is 0 Å². The monoisotopic (exact) mass is 350 g/mol. The van der Waals surface area contributed by atoms with Crippen LogP contribution in [0.3, 0.4) is 0 Å². The fourth-order valence-electron chi connectivity index (χ4n) is 3.32. The number of fused-ring (bicyclic) bond motifs is 1. The number of aromatic nitrogens is 3. The Labute approximate surface area is 152 Å². The summed E-state index contributed by atoms with van der Waals surface area (Å²) in [6, 6.07) is 9.73. The first-order valence-corrected chi connectivity index (χ1v) is 9.11. The number of benzene rings is 1. The molecule has 1 amide bonds. The van der Waals surface area contributed by atoms with Crippen molar-refractivity contribution in [3.05, 3.63) is 60.2 Å². The van der Waals surface area contributed by atoms with E-state index in [1.165, 1.54) is 19.3 Å². The molecule has 1 fully saturated rings. The van der Waals surface area contributed by atoms with Crippen LogP contribution in [0.15, 0.2) is 48.9 Å². The van der Waals surface area contributed by atoms with Gasteiger partial charge in [0, 0.05) is 25.1 Å². The van der Waals surface area contributed by atoms with Crippen LogP contribution in [0.25, 0.3) is 5.78 Å². The van der Waals surface area contributed by atoms with Crippen molar-refractivity contribution in [2.45, 2.75) is 44.8 Å². The zero-order valence-electron chi connectivity index (χ0n) is 14.6. The molecule has 0 aliphatic heterocycles. The van der Waals surface area contributed by atoms with E-state index in [9.17, 15) is 4.79 Å². The first-order valence-electron chi connectivity index (χ1n) is 9.11. The lowest BCUT2D eigenvalue weighted by Crippen LogP contribution is -2.23. The van der Waals surface area contributed by atoms with E-state index in [1.807, 2.05) is 30.5 Å². The zero-order chi connectivity index (χ0) is 17.8. The summed E-state index contributed by atoms with van der Waals surface area (Å²) in [5, 5.41) is 2.91. The second-order valence-electron chi connectivity index (χ2n) is 6.66. The molecule has 0 radical (unpaired) electrons. The van der Waals surface area contributed by atoms with Crippen LogP contribution in [0.1, 0.15) is 48.2 Å². The Kier molecular flexibility index (Phi) is 4.82. The SMILES string of the molecule is O=C(NCc1cccc(OC2CCCCC2)c1)c1cn2cccnc2n1. The number of ether oxygens (including phenoxy) is 1. The molecule has 4 rings (SSSR count). The predicted octanol–water partition coefficient (Wildman–Crippen LogP) is 3.37. The van der Waals surface area contributed by atoms with Gasteiger partial charge in [0.25, 0.3) is 5.91 Å². The number of hydrogen-bond acceptors (Lipinski definition) is 4. The van der Waals surface area contributed by atoms with Gasteiger partial charge < -0.3 is 10.1 Å². The Morgan fingerprint density at radius 1 is 1.23 bits per heavy atom. The van der Waals surface area contributed by atoms with Crippen molar-refractivity contribution < 1.29 is 9.53 Å². The van der Waals surface area contributed by atoms with Gasteiger partial charge in [-0.1, -0.05) is 18.6 Å². The lowest BCUT2D eigenvalue weighted by atomic mass is 9.98. The molecule has 0 bridgehead atoms. The highest BCUT2D eigenvalue weighted by Crippen LogP contribution is 2.23. The molecule has 26 heavy (non-hydrogen) atoms. The van der Waals surface area contributed by atoms with Gasteiger partial charge in [-0.2, -0.15) is 0 Å². The van der Waals surface area contributed by atoms with Gasteiger partial charge in [-0.25, -0.2) is 9.97 Å². The van der Waals surface area contributed by atoms with Gasteiger partial charge in [0.15, 0.2) is 0 Å². The topological polar surface area (TPSA) is 68.5 Å². The third-order valence-electron chi connectivity index (χ3n) is 4.67. The second kappa shape index (κ2) is 7.56. The molecule has 1 saturated carbocycles. The van der Waals surface area contributed by atoms with Crippen LogP contribution in [-0.4, -0.2) is 26.4 Å². The molecule has 134 valence electrons. The van der Waals surface area contributed by atoms with Gasteiger partial charge in [0.05, 0.1) is 6.10 Å². The molecule has 0 saturated heterocycles. The highest BCUT2D eigenvalue weighted by atomic mass is 16.5. The molecular weight excluding hydrogens is 328 g/mol. The largest absolute Gasteiger partial charge is 0.490 e. The first kappa shape index (κ1) is 16.6. The molecule has 2 heterocycles. The number of carbonyl (C=O) groups is 1. The van der Waals surface area contributed by atoms with E-state index < -0.39 is 0 Å². The summed E-state index contributed by atoms with van der Waals surface area (Å²) in [4.78, 5) is 20.7. The lowest BCUT2D eigenvalue weighted by molar-refractivity contribution is 0.0946. The summed E-state index contributed by atoms with van der Waals surface area (Å²) in [7, 11) is 0. The Bertz CT molecular complexity index is 866. The third-order valence-corrected chi connectivity index (χ3v) is 4.67. The van der Waals surface area contributed by atoms with Gasteiger partial charge in [-0.05, 0) is 49.4 Å². The maximum Gasteiger partial charge on any atom is 0.271 e. The van der Waals surface area contributed by atoms with Crippen molar-refractivity contribution in [1.29, 1.82) is 0 Å². The van der Waals surface area contributed by atoms with E-state index in [0.29, 0.717) is 24.1 Å².